The number of hydrogen-bond donors (Lipinski definition) is 0. The number of hydrogen-bond acceptors (Lipinski definition) is 4. The van der Waals surface area contributed by atoms with Crippen LogP contribution in [0.3, 0.4) is 0 Å². The van der Waals surface area contributed by atoms with Crippen LogP contribution in [0.2, 0.25) is 0 Å². The molecule has 1 atom stereocenters. The lowest BCUT2D eigenvalue weighted by Crippen LogP contribution is -2.46. The Kier molecular flexibility index (Phi) is 3.14. The molecule has 2 rings (SSSR count). The highest BCUT2D eigenvalue weighted by molar-refractivity contribution is 9.10. The molecule has 1 aromatic carbocycles. The van der Waals surface area contributed by atoms with Crippen molar-refractivity contribution in [2.75, 3.05) is 7.11 Å². The second-order valence-corrected chi connectivity index (χ2v) is 5.07. The lowest BCUT2D eigenvalue weighted by molar-refractivity contribution is -0.161. The molecule has 1 aliphatic heterocycles. The molecule has 0 bridgehead atoms. The van der Waals surface area contributed by atoms with Crippen molar-refractivity contribution in [1.82, 2.24) is 0 Å². The normalized spacial score (nSPS) is 22.1. The third kappa shape index (κ3) is 2.01. The van der Waals surface area contributed by atoms with Gasteiger partial charge in [-0.25, -0.2) is 14.0 Å². The largest absolute Gasteiger partial charge is 0.466 e. The summed E-state index contributed by atoms with van der Waals surface area (Å²) in [5.41, 5.74) is -0.719. The fourth-order valence-electron chi connectivity index (χ4n) is 1.91. The van der Waals surface area contributed by atoms with E-state index in [-0.39, 0.29) is 16.5 Å². The van der Waals surface area contributed by atoms with E-state index in [2.05, 4.69) is 20.7 Å². The van der Waals surface area contributed by atoms with Crippen molar-refractivity contribution in [1.29, 1.82) is 0 Å². The standard InChI is InChI=1S/C12H10BrFO4/c1-12(11(16)17-2)5-6-3-9(14)8(13)4-7(6)10(15)18-12/h3-4H,5H2,1-2H3. The van der Waals surface area contributed by atoms with Crippen molar-refractivity contribution >= 4 is 27.9 Å². The van der Waals surface area contributed by atoms with Crippen LogP contribution in [0.4, 0.5) is 4.39 Å². The minimum Gasteiger partial charge on any atom is -0.466 e. The maximum absolute atomic E-state index is 13.5. The van der Waals surface area contributed by atoms with Crippen molar-refractivity contribution in [3.63, 3.8) is 0 Å². The number of benzene rings is 1. The lowest BCUT2D eigenvalue weighted by Gasteiger charge is -2.31. The Bertz CT molecular complexity index is 543. The number of esters is 2. The van der Waals surface area contributed by atoms with Crippen LogP contribution in [0.25, 0.3) is 0 Å². The van der Waals surface area contributed by atoms with E-state index in [9.17, 15) is 14.0 Å². The molecule has 6 heteroatoms. The predicted molar refractivity (Wildman–Crippen MR) is 63.6 cm³/mol. The molecule has 0 aromatic heterocycles. The molecular formula is C12H10BrFO4. The van der Waals surface area contributed by atoms with Crippen LogP contribution in [0.5, 0.6) is 0 Å². The number of carbonyl (C=O) groups excluding carboxylic acids is 2. The van der Waals surface area contributed by atoms with Gasteiger partial charge in [0.05, 0.1) is 17.1 Å². The van der Waals surface area contributed by atoms with E-state index in [0.717, 1.165) is 0 Å². The quantitative estimate of drug-likeness (QED) is 0.746. The molecule has 0 saturated carbocycles. The summed E-state index contributed by atoms with van der Waals surface area (Å²) in [6, 6.07) is 2.57. The van der Waals surface area contributed by atoms with Gasteiger partial charge in [-0.2, -0.15) is 0 Å². The fraction of sp³-hybridized carbons (Fsp3) is 0.333. The Labute approximate surface area is 111 Å². The second-order valence-electron chi connectivity index (χ2n) is 4.21. The maximum atomic E-state index is 13.5. The Morgan fingerprint density at radius 1 is 1.56 bits per heavy atom. The molecule has 4 nitrogen and oxygen atoms in total. The average Bonchev–Trinajstić information content (AvgIpc) is 2.31. The van der Waals surface area contributed by atoms with Gasteiger partial charge in [-0.1, -0.05) is 0 Å². The van der Waals surface area contributed by atoms with Crippen LogP contribution in [0, 0.1) is 5.82 Å². The Balaban J connectivity index is 2.49. The highest BCUT2D eigenvalue weighted by Gasteiger charge is 2.44. The first-order chi connectivity index (χ1) is 8.37. The SMILES string of the molecule is COC(=O)C1(C)Cc2cc(F)c(Br)cc2C(=O)O1. The first kappa shape index (κ1) is 13.0. The molecule has 1 aromatic rings. The Morgan fingerprint density at radius 2 is 2.22 bits per heavy atom. The molecule has 0 radical (unpaired) electrons. The summed E-state index contributed by atoms with van der Waals surface area (Å²) in [4.78, 5) is 23.4. The number of rotatable bonds is 1. The van der Waals surface area contributed by atoms with Crippen LogP contribution < -0.4 is 0 Å². The summed E-state index contributed by atoms with van der Waals surface area (Å²) in [7, 11) is 1.21. The molecule has 0 fully saturated rings. The first-order valence-electron chi connectivity index (χ1n) is 5.17. The maximum Gasteiger partial charge on any atom is 0.350 e. The Hall–Kier alpha value is -1.43. The number of cyclic esters (lactones) is 1. The molecular weight excluding hydrogens is 307 g/mol. The van der Waals surface area contributed by atoms with Gasteiger partial charge < -0.3 is 9.47 Å². The van der Waals surface area contributed by atoms with Crippen LogP contribution in [-0.2, 0) is 20.7 Å². The molecule has 96 valence electrons. The van der Waals surface area contributed by atoms with E-state index < -0.39 is 23.4 Å². The smallest absolute Gasteiger partial charge is 0.350 e. The first-order valence-corrected chi connectivity index (χ1v) is 5.96. The van der Waals surface area contributed by atoms with Crippen LogP contribution in [0.15, 0.2) is 16.6 Å². The molecule has 0 N–H and O–H groups in total. The predicted octanol–water partition coefficient (Wildman–Crippen LogP) is 2.23. The van der Waals surface area contributed by atoms with Crippen LogP contribution >= 0.6 is 15.9 Å². The molecule has 1 heterocycles. The van der Waals surface area contributed by atoms with Gasteiger partial charge in [0, 0.05) is 6.42 Å². The van der Waals surface area contributed by atoms with Crippen LogP contribution in [0.1, 0.15) is 22.8 Å². The van der Waals surface area contributed by atoms with Crippen molar-refractivity contribution in [3.8, 4) is 0 Å². The third-order valence-electron chi connectivity index (χ3n) is 2.83. The van der Waals surface area contributed by atoms with E-state index in [1.807, 2.05) is 0 Å². The van der Waals surface area contributed by atoms with Gasteiger partial charge in [0.25, 0.3) is 0 Å². The highest BCUT2D eigenvalue weighted by Crippen LogP contribution is 2.32. The number of ether oxygens (including phenoxy) is 2. The van der Waals surface area contributed by atoms with Gasteiger partial charge in [0.15, 0.2) is 0 Å². The second kappa shape index (κ2) is 4.35. The van der Waals surface area contributed by atoms with Gasteiger partial charge in [-0.3, -0.25) is 0 Å². The number of fused-ring (bicyclic) bond motifs is 1. The summed E-state index contributed by atoms with van der Waals surface area (Å²) in [5, 5.41) is 0. The van der Waals surface area contributed by atoms with E-state index in [1.165, 1.54) is 26.2 Å². The lowest BCUT2D eigenvalue weighted by atomic mass is 9.90. The highest BCUT2D eigenvalue weighted by atomic mass is 79.9. The van der Waals surface area contributed by atoms with Gasteiger partial charge in [-0.15, -0.1) is 0 Å². The summed E-state index contributed by atoms with van der Waals surface area (Å²) in [5.74, 6) is -1.81. The topological polar surface area (TPSA) is 52.6 Å². The van der Waals surface area contributed by atoms with Crippen molar-refractivity contribution < 1.29 is 23.5 Å². The van der Waals surface area contributed by atoms with Crippen molar-refractivity contribution in [2.24, 2.45) is 0 Å². The van der Waals surface area contributed by atoms with Gasteiger partial charge in [0.1, 0.15) is 5.82 Å². The monoisotopic (exact) mass is 316 g/mol. The molecule has 0 aliphatic carbocycles. The van der Waals surface area contributed by atoms with Gasteiger partial charge in [-0.05, 0) is 40.5 Å². The minimum atomic E-state index is -1.40. The Morgan fingerprint density at radius 3 is 2.83 bits per heavy atom. The molecule has 0 amide bonds. The summed E-state index contributed by atoms with van der Waals surface area (Å²) >= 11 is 3.00. The molecule has 18 heavy (non-hydrogen) atoms. The van der Waals surface area contributed by atoms with Gasteiger partial charge >= 0.3 is 11.9 Å². The van der Waals surface area contributed by atoms with Crippen molar-refractivity contribution in [2.45, 2.75) is 18.9 Å². The molecule has 0 saturated heterocycles. The number of carbonyl (C=O) groups is 2. The zero-order valence-corrected chi connectivity index (χ0v) is 11.3. The summed E-state index contributed by atoms with van der Waals surface area (Å²) < 4.78 is 23.3. The summed E-state index contributed by atoms with van der Waals surface area (Å²) in [6.07, 6.45) is 0.0882. The van der Waals surface area contributed by atoms with E-state index in [0.29, 0.717) is 5.56 Å². The third-order valence-corrected chi connectivity index (χ3v) is 3.44. The van der Waals surface area contributed by atoms with Gasteiger partial charge in [0.2, 0.25) is 5.60 Å². The molecule has 0 spiro atoms. The zero-order valence-electron chi connectivity index (χ0n) is 9.75. The molecule has 1 unspecified atom stereocenters. The van der Waals surface area contributed by atoms with Crippen molar-refractivity contribution in [3.05, 3.63) is 33.5 Å². The van der Waals surface area contributed by atoms with E-state index in [4.69, 9.17) is 4.74 Å². The van der Waals surface area contributed by atoms with E-state index in [1.54, 1.807) is 0 Å². The van der Waals surface area contributed by atoms with Crippen LogP contribution in [-0.4, -0.2) is 24.6 Å². The van der Waals surface area contributed by atoms with E-state index >= 15 is 0 Å². The average molecular weight is 317 g/mol. The zero-order chi connectivity index (χ0) is 13.5. The minimum absolute atomic E-state index is 0.0882. The fourth-order valence-corrected chi connectivity index (χ4v) is 2.26. The number of halogens is 2. The summed E-state index contributed by atoms with van der Waals surface area (Å²) in [6.45, 7) is 1.44. The number of methoxy groups -OCH3 is 1. The molecule has 1 aliphatic rings.